The number of aryl methyl sites for hydroxylation is 1. The molecule has 0 aromatic heterocycles. The molecule has 0 amide bonds. The van der Waals surface area contributed by atoms with Gasteiger partial charge in [0.25, 0.3) is 10.0 Å². The minimum Gasteiger partial charge on any atom is -0.398 e. The van der Waals surface area contributed by atoms with E-state index in [0.717, 1.165) is 18.2 Å². The Bertz CT molecular complexity index is 802. The van der Waals surface area contributed by atoms with Crippen LogP contribution in [-0.2, 0) is 16.2 Å². The molecule has 0 aliphatic rings. The van der Waals surface area contributed by atoms with Gasteiger partial charge in [-0.1, -0.05) is 12.1 Å². The van der Waals surface area contributed by atoms with Crippen molar-refractivity contribution in [3.05, 3.63) is 53.6 Å². The third kappa shape index (κ3) is 3.51. The molecule has 0 unspecified atom stereocenters. The molecule has 4 nitrogen and oxygen atoms in total. The van der Waals surface area contributed by atoms with E-state index in [4.69, 9.17) is 5.73 Å². The SMILES string of the molecule is Cc1ccc(S(=O)(=O)Nc2cccc(C(F)(F)F)c2)cc1N. The maximum Gasteiger partial charge on any atom is 0.416 e. The molecule has 2 aromatic rings. The molecule has 0 aliphatic carbocycles. The first-order chi connectivity index (χ1) is 10.1. The molecule has 8 heteroatoms. The molecule has 0 saturated heterocycles. The second-order valence-corrected chi connectivity index (χ2v) is 6.38. The molecular formula is C14H13F3N2O2S. The van der Waals surface area contributed by atoms with Gasteiger partial charge in [0.05, 0.1) is 10.5 Å². The Labute approximate surface area is 125 Å². The highest BCUT2D eigenvalue weighted by atomic mass is 32.2. The van der Waals surface area contributed by atoms with Crippen LogP contribution in [0.5, 0.6) is 0 Å². The van der Waals surface area contributed by atoms with E-state index in [-0.39, 0.29) is 16.3 Å². The Morgan fingerprint density at radius 2 is 1.77 bits per heavy atom. The van der Waals surface area contributed by atoms with Gasteiger partial charge >= 0.3 is 6.18 Å². The summed E-state index contributed by atoms with van der Waals surface area (Å²) in [4.78, 5) is -0.118. The number of hydrogen-bond acceptors (Lipinski definition) is 3. The van der Waals surface area contributed by atoms with E-state index in [1.165, 1.54) is 24.3 Å². The first kappa shape index (κ1) is 16.2. The average molecular weight is 330 g/mol. The molecule has 22 heavy (non-hydrogen) atoms. The number of sulfonamides is 1. The predicted octanol–water partition coefficient (Wildman–Crippen LogP) is 3.40. The molecule has 2 rings (SSSR count). The van der Waals surface area contributed by atoms with Crippen LogP contribution < -0.4 is 10.5 Å². The Kier molecular flexibility index (Phi) is 4.06. The number of nitrogens with one attached hydrogen (secondary N) is 1. The van der Waals surface area contributed by atoms with Gasteiger partial charge in [0.15, 0.2) is 0 Å². The van der Waals surface area contributed by atoms with Crippen LogP contribution in [0.4, 0.5) is 24.5 Å². The van der Waals surface area contributed by atoms with Crippen molar-refractivity contribution in [2.45, 2.75) is 18.0 Å². The van der Waals surface area contributed by atoms with Crippen LogP contribution in [-0.4, -0.2) is 8.42 Å². The van der Waals surface area contributed by atoms with Gasteiger partial charge in [-0.15, -0.1) is 0 Å². The summed E-state index contributed by atoms with van der Waals surface area (Å²) in [5.41, 5.74) is 5.54. The first-order valence-electron chi connectivity index (χ1n) is 6.16. The molecule has 0 radical (unpaired) electrons. The van der Waals surface area contributed by atoms with Gasteiger partial charge in [0, 0.05) is 11.4 Å². The van der Waals surface area contributed by atoms with Gasteiger partial charge in [-0.3, -0.25) is 4.72 Å². The molecule has 118 valence electrons. The van der Waals surface area contributed by atoms with E-state index in [0.29, 0.717) is 5.56 Å². The summed E-state index contributed by atoms with van der Waals surface area (Å²) in [5.74, 6) is 0. The molecule has 0 atom stereocenters. The largest absolute Gasteiger partial charge is 0.416 e. The van der Waals surface area contributed by atoms with Gasteiger partial charge < -0.3 is 5.73 Å². The van der Waals surface area contributed by atoms with Crippen LogP contribution in [0.3, 0.4) is 0 Å². The Hall–Kier alpha value is -2.22. The first-order valence-corrected chi connectivity index (χ1v) is 7.64. The van der Waals surface area contributed by atoms with Gasteiger partial charge in [-0.05, 0) is 42.8 Å². The van der Waals surface area contributed by atoms with E-state index < -0.39 is 21.8 Å². The summed E-state index contributed by atoms with van der Waals surface area (Å²) in [6.07, 6.45) is -4.55. The molecule has 0 aliphatic heterocycles. The molecule has 3 N–H and O–H groups in total. The summed E-state index contributed by atoms with van der Waals surface area (Å²) in [6.45, 7) is 1.71. The molecule has 0 heterocycles. The van der Waals surface area contributed by atoms with Crippen LogP contribution in [0.1, 0.15) is 11.1 Å². The van der Waals surface area contributed by atoms with Crippen molar-refractivity contribution < 1.29 is 21.6 Å². The fourth-order valence-corrected chi connectivity index (χ4v) is 2.84. The molecule has 0 bridgehead atoms. The minimum absolute atomic E-state index is 0.118. The molecule has 0 saturated carbocycles. The zero-order valence-electron chi connectivity index (χ0n) is 11.5. The van der Waals surface area contributed by atoms with Crippen molar-refractivity contribution in [1.82, 2.24) is 0 Å². The van der Waals surface area contributed by atoms with Crippen molar-refractivity contribution in [2.75, 3.05) is 10.5 Å². The number of hydrogen-bond donors (Lipinski definition) is 2. The van der Waals surface area contributed by atoms with E-state index in [2.05, 4.69) is 4.72 Å². The Morgan fingerprint density at radius 3 is 2.36 bits per heavy atom. The van der Waals surface area contributed by atoms with Gasteiger partial charge in [0.2, 0.25) is 0 Å². The van der Waals surface area contributed by atoms with Crippen molar-refractivity contribution in [2.24, 2.45) is 0 Å². The van der Waals surface area contributed by atoms with Crippen molar-refractivity contribution in [1.29, 1.82) is 0 Å². The lowest BCUT2D eigenvalue weighted by molar-refractivity contribution is -0.137. The summed E-state index contributed by atoms with van der Waals surface area (Å²) in [7, 11) is -4.01. The predicted molar refractivity (Wildman–Crippen MR) is 77.8 cm³/mol. The van der Waals surface area contributed by atoms with E-state index >= 15 is 0 Å². The Balaban J connectivity index is 2.35. The zero-order chi connectivity index (χ0) is 16.5. The maximum absolute atomic E-state index is 12.6. The maximum atomic E-state index is 12.6. The smallest absolute Gasteiger partial charge is 0.398 e. The fraction of sp³-hybridized carbons (Fsp3) is 0.143. The number of alkyl halides is 3. The van der Waals surface area contributed by atoms with Crippen LogP contribution >= 0.6 is 0 Å². The van der Waals surface area contributed by atoms with E-state index in [9.17, 15) is 21.6 Å². The number of rotatable bonds is 3. The average Bonchev–Trinajstić information content (AvgIpc) is 2.40. The quantitative estimate of drug-likeness (QED) is 0.847. The van der Waals surface area contributed by atoms with Gasteiger partial charge in [-0.25, -0.2) is 8.42 Å². The van der Waals surface area contributed by atoms with Crippen LogP contribution in [0.2, 0.25) is 0 Å². The highest BCUT2D eigenvalue weighted by Crippen LogP contribution is 2.31. The molecule has 0 fully saturated rings. The van der Waals surface area contributed by atoms with E-state index in [1.807, 2.05) is 0 Å². The summed E-state index contributed by atoms with van der Waals surface area (Å²) >= 11 is 0. The molecule has 2 aromatic carbocycles. The summed E-state index contributed by atoms with van der Waals surface area (Å²) < 4.78 is 64.3. The van der Waals surface area contributed by atoms with E-state index in [1.54, 1.807) is 6.92 Å². The van der Waals surface area contributed by atoms with Crippen LogP contribution in [0.15, 0.2) is 47.4 Å². The van der Waals surface area contributed by atoms with Crippen LogP contribution in [0, 0.1) is 6.92 Å². The zero-order valence-corrected chi connectivity index (χ0v) is 12.3. The number of nitrogens with two attached hydrogens (primary N) is 1. The number of anilines is 2. The second kappa shape index (κ2) is 5.53. The second-order valence-electron chi connectivity index (χ2n) is 4.70. The topological polar surface area (TPSA) is 72.2 Å². The lowest BCUT2D eigenvalue weighted by Gasteiger charge is -2.12. The van der Waals surface area contributed by atoms with Crippen molar-refractivity contribution >= 4 is 21.4 Å². The fourth-order valence-electron chi connectivity index (χ4n) is 1.76. The molecular weight excluding hydrogens is 317 g/mol. The standard InChI is InChI=1S/C14H13F3N2O2S/c1-9-5-6-12(8-13(9)18)22(20,21)19-11-4-2-3-10(7-11)14(15,16)17/h2-8,19H,18H2,1H3. The summed E-state index contributed by atoms with van der Waals surface area (Å²) in [5, 5.41) is 0. The van der Waals surface area contributed by atoms with Crippen molar-refractivity contribution in [3.8, 4) is 0 Å². The minimum atomic E-state index is -4.55. The normalized spacial score (nSPS) is 12.2. The molecule has 0 spiro atoms. The number of nitrogen functional groups attached to an aromatic ring is 1. The van der Waals surface area contributed by atoms with Gasteiger partial charge in [-0.2, -0.15) is 13.2 Å². The summed E-state index contributed by atoms with van der Waals surface area (Å²) in [6, 6.07) is 8.08. The van der Waals surface area contributed by atoms with Crippen LogP contribution in [0.25, 0.3) is 0 Å². The third-order valence-electron chi connectivity index (χ3n) is 3.00. The monoisotopic (exact) mass is 330 g/mol. The highest BCUT2D eigenvalue weighted by molar-refractivity contribution is 7.92. The lowest BCUT2D eigenvalue weighted by atomic mass is 10.2. The number of benzene rings is 2. The van der Waals surface area contributed by atoms with Gasteiger partial charge in [0.1, 0.15) is 0 Å². The van der Waals surface area contributed by atoms with Crippen molar-refractivity contribution in [3.63, 3.8) is 0 Å². The number of halogens is 3. The lowest BCUT2D eigenvalue weighted by Crippen LogP contribution is -2.14. The third-order valence-corrected chi connectivity index (χ3v) is 4.38. The Morgan fingerprint density at radius 1 is 1.09 bits per heavy atom. The highest BCUT2D eigenvalue weighted by Gasteiger charge is 2.30.